The van der Waals surface area contributed by atoms with Crippen molar-refractivity contribution in [2.75, 3.05) is 20.2 Å². The van der Waals surface area contributed by atoms with Gasteiger partial charge in [-0.25, -0.2) is 4.98 Å². The molecule has 1 aliphatic rings. The number of nitrogens with zero attached hydrogens (tertiary/aromatic N) is 4. The van der Waals surface area contributed by atoms with Crippen LogP contribution in [0.2, 0.25) is 0 Å². The van der Waals surface area contributed by atoms with Gasteiger partial charge in [-0.15, -0.1) is 0 Å². The van der Waals surface area contributed by atoms with Crippen LogP contribution in [-0.2, 0) is 0 Å². The lowest BCUT2D eigenvalue weighted by atomic mass is 9.94. The van der Waals surface area contributed by atoms with Gasteiger partial charge in [0.15, 0.2) is 0 Å². The summed E-state index contributed by atoms with van der Waals surface area (Å²) in [7, 11) is 1.62. The smallest absolute Gasteiger partial charge is 0.272 e. The summed E-state index contributed by atoms with van der Waals surface area (Å²) in [4.78, 5) is 27.7. The first-order chi connectivity index (χ1) is 14.2. The summed E-state index contributed by atoms with van der Waals surface area (Å²) < 4.78 is 11.2. The highest BCUT2D eigenvalue weighted by Crippen LogP contribution is 2.33. The molecule has 0 radical (unpaired) electrons. The number of ether oxygens (including phenoxy) is 2. The zero-order chi connectivity index (χ0) is 20.1. The predicted octanol–water partition coefficient (Wildman–Crippen LogP) is 3.69. The first-order valence-electron chi connectivity index (χ1n) is 9.57. The Morgan fingerprint density at radius 2 is 1.79 bits per heavy atom. The van der Waals surface area contributed by atoms with E-state index in [0.717, 1.165) is 24.3 Å². The second kappa shape index (κ2) is 8.68. The van der Waals surface area contributed by atoms with E-state index in [9.17, 15) is 4.79 Å². The molecule has 1 amide bonds. The highest BCUT2D eigenvalue weighted by atomic mass is 16.5. The van der Waals surface area contributed by atoms with Crippen molar-refractivity contribution in [1.29, 1.82) is 0 Å². The highest BCUT2D eigenvalue weighted by Gasteiger charge is 2.29. The molecule has 4 rings (SSSR count). The van der Waals surface area contributed by atoms with Crippen LogP contribution < -0.4 is 9.47 Å². The van der Waals surface area contributed by atoms with Gasteiger partial charge in [-0.1, -0.05) is 6.07 Å². The molecule has 29 heavy (non-hydrogen) atoms. The molecule has 1 unspecified atom stereocenters. The summed E-state index contributed by atoms with van der Waals surface area (Å²) in [5.74, 6) is 1.88. The number of piperidine rings is 1. The molecule has 3 aromatic rings. The molecule has 3 heterocycles. The molecule has 0 N–H and O–H groups in total. The van der Waals surface area contributed by atoms with Crippen molar-refractivity contribution in [2.45, 2.75) is 18.8 Å². The van der Waals surface area contributed by atoms with Crippen LogP contribution >= 0.6 is 0 Å². The van der Waals surface area contributed by atoms with Crippen LogP contribution in [0.1, 0.15) is 34.9 Å². The molecule has 1 aromatic carbocycles. The van der Waals surface area contributed by atoms with Gasteiger partial charge in [-0.2, -0.15) is 0 Å². The minimum absolute atomic E-state index is 0.0540. The zero-order valence-corrected chi connectivity index (χ0v) is 16.2. The van der Waals surface area contributed by atoms with Crippen molar-refractivity contribution in [3.05, 3.63) is 72.4 Å². The lowest BCUT2D eigenvalue weighted by Gasteiger charge is -2.32. The molecule has 0 bridgehead atoms. The third-order valence-corrected chi connectivity index (χ3v) is 4.94. The van der Waals surface area contributed by atoms with Crippen LogP contribution in [0.25, 0.3) is 0 Å². The molecule has 7 nitrogen and oxygen atoms in total. The molecule has 2 aromatic heterocycles. The Hall–Kier alpha value is -3.48. The van der Waals surface area contributed by atoms with Gasteiger partial charge in [0.05, 0.1) is 7.11 Å². The molecule has 1 aliphatic heterocycles. The van der Waals surface area contributed by atoms with Crippen LogP contribution in [0, 0.1) is 0 Å². The normalized spacial score (nSPS) is 16.3. The van der Waals surface area contributed by atoms with Gasteiger partial charge in [0.2, 0.25) is 5.88 Å². The van der Waals surface area contributed by atoms with E-state index >= 15 is 0 Å². The number of rotatable bonds is 5. The Labute approximate surface area is 169 Å². The average molecular weight is 390 g/mol. The molecule has 0 spiro atoms. The number of amides is 1. The molecular weight excluding hydrogens is 368 g/mol. The maximum absolute atomic E-state index is 12.8. The largest absolute Gasteiger partial charge is 0.497 e. The van der Waals surface area contributed by atoms with Crippen LogP contribution in [0.4, 0.5) is 0 Å². The van der Waals surface area contributed by atoms with E-state index in [1.807, 2.05) is 35.2 Å². The van der Waals surface area contributed by atoms with Crippen molar-refractivity contribution >= 4 is 5.91 Å². The number of hydrogen-bond acceptors (Lipinski definition) is 6. The summed E-state index contributed by atoms with van der Waals surface area (Å²) in [6, 6.07) is 12.7. The predicted molar refractivity (Wildman–Crippen MR) is 107 cm³/mol. The third kappa shape index (κ3) is 4.34. The number of methoxy groups -OCH3 is 1. The maximum Gasteiger partial charge on any atom is 0.272 e. The Morgan fingerprint density at radius 3 is 2.55 bits per heavy atom. The van der Waals surface area contributed by atoms with E-state index in [0.29, 0.717) is 30.4 Å². The molecule has 0 saturated carbocycles. The molecular formula is C22H22N4O3. The minimum Gasteiger partial charge on any atom is -0.497 e. The fraction of sp³-hybridized carbons (Fsp3) is 0.273. The topological polar surface area (TPSA) is 77.4 Å². The number of likely N-dealkylation sites (tertiary alicyclic amines) is 1. The van der Waals surface area contributed by atoms with E-state index in [4.69, 9.17) is 9.47 Å². The van der Waals surface area contributed by atoms with E-state index < -0.39 is 0 Å². The summed E-state index contributed by atoms with van der Waals surface area (Å²) in [6.45, 7) is 1.27. The average Bonchev–Trinajstić information content (AvgIpc) is 2.80. The quantitative estimate of drug-likeness (QED) is 0.661. The van der Waals surface area contributed by atoms with Gasteiger partial charge in [0.1, 0.15) is 22.9 Å². The number of aromatic nitrogens is 3. The lowest BCUT2D eigenvalue weighted by Crippen LogP contribution is -2.39. The fourth-order valence-corrected chi connectivity index (χ4v) is 3.49. The lowest BCUT2D eigenvalue weighted by molar-refractivity contribution is 0.0699. The molecule has 1 atom stereocenters. The monoisotopic (exact) mass is 390 g/mol. The van der Waals surface area contributed by atoms with Crippen molar-refractivity contribution in [3.63, 3.8) is 0 Å². The van der Waals surface area contributed by atoms with Gasteiger partial charge in [-0.3, -0.25) is 14.8 Å². The number of carbonyl (C=O) groups excluding carboxylic acids is 1. The van der Waals surface area contributed by atoms with E-state index in [1.54, 1.807) is 37.8 Å². The molecule has 0 aliphatic carbocycles. The molecule has 1 saturated heterocycles. The number of pyridine rings is 1. The second-order valence-corrected chi connectivity index (χ2v) is 6.83. The highest BCUT2D eigenvalue weighted by molar-refractivity contribution is 5.92. The van der Waals surface area contributed by atoms with Gasteiger partial charge in [0.25, 0.3) is 5.91 Å². The first-order valence-corrected chi connectivity index (χ1v) is 9.57. The number of benzene rings is 1. The minimum atomic E-state index is -0.0585. The summed E-state index contributed by atoms with van der Waals surface area (Å²) in [5.41, 5.74) is 1.23. The zero-order valence-electron chi connectivity index (χ0n) is 16.2. The van der Waals surface area contributed by atoms with Gasteiger partial charge < -0.3 is 14.4 Å². The van der Waals surface area contributed by atoms with E-state index in [-0.39, 0.29) is 11.8 Å². The fourth-order valence-electron chi connectivity index (χ4n) is 3.49. The summed E-state index contributed by atoms with van der Waals surface area (Å²) >= 11 is 0. The van der Waals surface area contributed by atoms with Crippen molar-refractivity contribution < 1.29 is 14.3 Å². The van der Waals surface area contributed by atoms with Crippen molar-refractivity contribution in [3.8, 4) is 17.4 Å². The Morgan fingerprint density at radius 1 is 1.00 bits per heavy atom. The van der Waals surface area contributed by atoms with Gasteiger partial charge in [-0.05, 0) is 49.2 Å². The van der Waals surface area contributed by atoms with Crippen LogP contribution in [0.3, 0.4) is 0 Å². The van der Waals surface area contributed by atoms with Crippen molar-refractivity contribution in [1.82, 2.24) is 19.9 Å². The number of hydrogen-bond donors (Lipinski definition) is 0. The summed E-state index contributed by atoms with van der Waals surface area (Å²) in [5, 5.41) is 0. The van der Waals surface area contributed by atoms with Gasteiger partial charge in [0, 0.05) is 37.6 Å². The van der Waals surface area contributed by atoms with E-state index in [2.05, 4.69) is 15.0 Å². The van der Waals surface area contributed by atoms with E-state index in [1.165, 1.54) is 0 Å². The molecule has 1 fully saturated rings. The Bertz CT molecular complexity index is 963. The van der Waals surface area contributed by atoms with Crippen LogP contribution in [0.5, 0.6) is 17.4 Å². The Balaban J connectivity index is 1.52. The standard InChI is InChI=1S/C22H22N4O3/c1-28-17-7-9-18(10-8-17)29-21-20(24-12-13-25-21)16-5-4-14-26(15-16)22(27)19-6-2-3-11-23-19/h2-3,6-13,16H,4-5,14-15H2,1H3. The second-order valence-electron chi connectivity index (χ2n) is 6.83. The summed E-state index contributed by atoms with van der Waals surface area (Å²) in [6.07, 6.45) is 6.72. The van der Waals surface area contributed by atoms with Crippen LogP contribution in [-0.4, -0.2) is 46.0 Å². The van der Waals surface area contributed by atoms with Crippen LogP contribution in [0.15, 0.2) is 61.1 Å². The SMILES string of the molecule is COc1ccc(Oc2nccnc2C2CCCN(C(=O)c3ccccn3)C2)cc1. The third-order valence-electron chi connectivity index (χ3n) is 4.94. The van der Waals surface area contributed by atoms with Crippen molar-refractivity contribution in [2.24, 2.45) is 0 Å². The Kier molecular flexibility index (Phi) is 5.65. The maximum atomic E-state index is 12.8. The van der Waals surface area contributed by atoms with Gasteiger partial charge >= 0.3 is 0 Å². The molecule has 7 heteroatoms. The first kappa shape index (κ1) is 18.9. The molecule has 148 valence electrons. The number of carbonyl (C=O) groups is 1.